The van der Waals surface area contributed by atoms with Gasteiger partial charge in [0.05, 0.1) is 0 Å². The zero-order valence-electron chi connectivity index (χ0n) is 11.5. The first-order chi connectivity index (χ1) is 8.95. The lowest BCUT2D eigenvalue weighted by Crippen LogP contribution is -2.29. The molecule has 0 heterocycles. The molecule has 0 amide bonds. The Hall–Kier alpha value is -0.440. The zero-order chi connectivity index (χ0) is 14.0. The summed E-state index contributed by atoms with van der Waals surface area (Å²) in [5.41, 5.74) is 0.774. The van der Waals surface area contributed by atoms with Crippen LogP contribution in [0, 0.1) is 29.4 Å². The minimum atomic E-state index is -0.475. The highest BCUT2D eigenvalue weighted by Crippen LogP contribution is 2.39. The molecule has 0 bridgehead atoms. The molecule has 1 saturated carbocycles. The van der Waals surface area contributed by atoms with Crippen LogP contribution in [0.5, 0.6) is 0 Å². The predicted molar refractivity (Wildman–Crippen MR) is 78.4 cm³/mol. The first-order valence-corrected chi connectivity index (χ1v) is 7.96. The van der Waals surface area contributed by atoms with Crippen molar-refractivity contribution < 1.29 is 8.78 Å². The molecular formula is C16H21BrF2. The SMILES string of the molecule is CC(C)C1CCC(Br)C(Cc2cc(F)cc(F)c2)C1. The second-order valence-corrected chi connectivity index (χ2v) is 7.25. The lowest BCUT2D eigenvalue weighted by Gasteiger charge is -2.35. The van der Waals surface area contributed by atoms with E-state index in [1.54, 1.807) is 0 Å². The number of hydrogen-bond donors (Lipinski definition) is 0. The van der Waals surface area contributed by atoms with E-state index < -0.39 is 11.6 Å². The second kappa shape index (κ2) is 6.34. The minimum absolute atomic E-state index is 0.467. The van der Waals surface area contributed by atoms with Crippen molar-refractivity contribution in [3.8, 4) is 0 Å². The molecule has 1 aliphatic carbocycles. The monoisotopic (exact) mass is 330 g/mol. The average molecular weight is 331 g/mol. The largest absolute Gasteiger partial charge is 0.207 e. The lowest BCUT2D eigenvalue weighted by molar-refractivity contribution is 0.222. The zero-order valence-corrected chi connectivity index (χ0v) is 13.1. The van der Waals surface area contributed by atoms with Crippen molar-refractivity contribution in [2.24, 2.45) is 17.8 Å². The molecule has 0 saturated heterocycles. The molecule has 0 radical (unpaired) electrons. The highest BCUT2D eigenvalue weighted by Gasteiger charge is 2.30. The minimum Gasteiger partial charge on any atom is -0.207 e. The molecule has 0 aliphatic heterocycles. The Labute approximate surface area is 122 Å². The van der Waals surface area contributed by atoms with Crippen molar-refractivity contribution in [2.45, 2.75) is 44.4 Å². The third-order valence-corrected chi connectivity index (χ3v) is 5.50. The summed E-state index contributed by atoms with van der Waals surface area (Å²) in [7, 11) is 0. The van der Waals surface area contributed by atoms with Crippen LogP contribution in [0.4, 0.5) is 8.78 Å². The lowest BCUT2D eigenvalue weighted by atomic mass is 9.74. The molecule has 106 valence electrons. The summed E-state index contributed by atoms with van der Waals surface area (Å²) in [4.78, 5) is 0.467. The van der Waals surface area contributed by atoms with Gasteiger partial charge in [-0.1, -0.05) is 29.8 Å². The van der Waals surface area contributed by atoms with E-state index >= 15 is 0 Å². The summed E-state index contributed by atoms with van der Waals surface area (Å²) in [6.45, 7) is 4.52. The van der Waals surface area contributed by atoms with Gasteiger partial charge >= 0.3 is 0 Å². The Balaban J connectivity index is 2.07. The van der Waals surface area contributed by atoms with Crippen LogP contribution < -0.4 is 0 Å². The molecule has 1 aromatic rings. The van der Waals surface area contributed by atoms with E-state index in [4.69, 9.17) is 0 Å². The number of hydrogen-bond acceptors (Lipinski definition) is 0. The maximum Gasteiger partial charge on any atom is 0.126 e. The van der Waals surface area contributed by atoms with Crippen molar-refractivity contribution in [3.63, 3.8) is 0 Å². The van der Waals surface area contributed by atoms with E-state index in [0.717, 1.165) is 36.8 Å². The maximum atomic E-state index is 13.2. The topological polar surface area (TPSA) is 0 Å². The van der Waals surface area contributed by atoms with E-state index in [9.17, 15) is 8.78 Å². The van der Waals surface area contributed by atoms with Crippen molar-refractivity contribution >= 4 is 15.9 Å². The fourth-order valence-corrected chi connectivity index (χ4v) is 3.78. The van der Waals surface area contributed by atoms with Crippen molar-refractivity contribution in [1.82, 2.24) is 0 Å². The van der Waals surface area contributed by atoms with Gasteiger partial charge in [-0.05, 0) is 61.1 Å². The van der Waals surface area contributed by atoms with E-state index in [-0.39, 0.29) is 0 Å². The Kier molecular flexibility index (Phi) is 4.99. The Bertz CT molecular complexity index is 411. The van der Waals surface area contributed by atoms with E-state index in [1.807, 2.05) is 0 Å². The van der Waals surface area contributed by atoms with Crippen LogP contribution in [-0.4, -0.2) is 4.83 Å². The molecule has 2 rings (SSSR count). The number of alkyl halides is 1. The quantitative estimate of drug-likeness (QED) is 0.656. The van der Waals surface area contributed by atoms with Crippen molar-refractivity contribution in [3.05, 3.63) is 35.4 Å². The van der Waals surface area contributed by atoms with Crippen LogP contribution in [0.15, 0.2) is 18.2 Å². The molecule has 1 aliphatic rings. The summed E-state index contributed by atoms with van der Waals surface area (Å²) in [5, 5.41) is 0. The standard InChI is InChI=1S/C16H21BrF2/c1-10(2)12-3-4-16(17)13(8-12)5-11-6-14(18)9-15(19)7-11/h6-7,9-10,12-13,16H,3-5,8H2,1-2H3. The average Bonchev–Trinajstić information content (AvgIpc) is 2.30. The fraction of sp³-hybridized carbons (Fsp3) is 0.625. The Morgan fingerprint density at radius 2 is 1.79 bits per heavy atom. The summed E-state index contributed by atoms with van der Waals surface area (Å²) >= 11 is 3.74. The highest BCUT2D eigenvalue weighted by molar-refractivity contribution is 9.09. The van der Waals surface area contributed by atoms with Gasteiger partial charge in [-0.15, -0.1) is 0 Å². The van der Waals surface area contributed by atoms with Gasteiger partial charge in [0.2, 0.25) is 0 Å². The fourth-order valence-electron chi connectivity index (χ4n) is 3.11. The molecule has 3 atom stereocenters. The summed E-state index contributed by atoms with van der Waals surface area (Å²) < 4.78 is 26.5. The third kappa shape index (κ3) is 4.01. The van der Waals surface area contributed by atoms with Crippen molar-refractivity contribution in [1.29, 1.82) is 0 Å². The van der Waals surface area contributed by atoms with Gasteiger partial charge in [-0.3, -0.25) is 0 Å². The molecule has 1 aromatic carbocycles. The summed E-state index contributed by atoms with van der Waals surface area (Å²) in [6.07, 6.45) is 4.31. The molecule has 0 nitrogen and oxygen atoms in total. The van der Waals surface area contributed by atoms with E-state index in [0.29, 0.717) is 16.7 Å². The third-order valence-electron chi connectivity index (χ3n) is 4.29. The normalized spacial score (nSPS) is 27.8. The first kappa shape index (κ1) is 15.0. The number of rotatable bonds is 3. The predicted octanol–water partition coefficient (Wildman–Crippen LogP) is 5.34. The molecule has 19 heavy (non-hydrogen) atoms. The van der Waals surface area contributed by atoms with E-state index in [2.05, 4.69) is 29.8 Å². The maximum absolute atomic E-state index is 13.2. The van der Waals surface area contributed by atoms with Crippen LogP contribution in [0.3, 0.4) is 0 Å². The highest BCUT2D eigenvalue weighted by atomic mass is 79.9. The number of halogens is 3. The summed E-state index contributed by atoms with van der Waals surface area (Å²) in [6, 6.07) is 3.86. The van der Waals surface area contributed by atoms with Gasteiger partial charge in [-0.25, -0.2) is 8.78 Å². The van der Waals surface area contributed by atoms with Crippen molar-refractivity contribution in [2.75, 3.05) is 0 Å². The summed E-state index contributed by atoms with van der Waals surface area (Å²) in [5.74, 6) is 0.945. The van der Waals surface area contributed by atoms with Gasteiger partial charge in [0.15, 0.2) is 0 Å². The molecule has 1 fully saturated rings. The molecule has 0 spiro atoms. The van der Waals surface area contributed by atoms with Crippen LogP contribution in [0.25, 0.3) is 0 Å². The molecule has 3 unspecified atom stereocenters. The van der Waals surface area contributed by atoms with Crippen LogP contribution >= 0.6 is 15.9 Å². The first-order valence-electron chi connectivity index (χ1n) is 7.04. The van der Waals surface area contributed by atoms with Gasteiger partial charge < -0.3 is 0 Å². The number of benzene rings is 1. The molecular weight excluding hydrogens is 310 g/mol. The van der Waals surface area contributed by atoms with Gasteiger partial charge in [0.25, 0.3) is 0 Å². The molecule has 3 heteroatoms. The van der Waals surface area contributed by atoms with Gasteiger partial charge in [0.1, 0.15) is 11.6 Å². The van der Waals surface area contributed by atoms with Crippen LogP contribution in [-0.2, 0) is 6.42 Å². The second-order valence-electron chi connectivity index (χ2n) is 6.08. The van der Waals surface area contributed by atoms with Gasteiger partial charge in [-0.2, -0.15) is 0 Å². The van der Waals surface area contributed by atoms with E-state index in [1.165, 1.54) is 18.6 Å². The smallest absolute Gasteiger partial charge is 0.126 e. The van der Waals surface area contributed by atoms with Gasteiger partial charge in [0, 0.05) is 10.9 Å². The molecule has 0 aromatic heterocycles. The van der Waals surface area contributed by atoms with Crippen LogP contribution in [0.2, 0.25) is 0 Å². The van der Waals surface area contributed by atoms with Crippen LogP contribution in [0.1, 0.15) is 38.7 Å². The molecule has 0 N–H and O–H groups in total. The Morgan fingerprint density at radius 1 is 1.16 bits per heavy atom. The Morgan fingerprint density at radius 3 is 2.37 bits per heavy atom.